The standard InChI is InChI=1S/C19H21BrO/c20-16-12-17(14-8-4-1-2-5-9-14)19(21)18(13-16)15-10-6-3-7-11-15/h3,6-7,10-14,21H,1-2,4-5,8-9H2. The van der Waals surface area contributed by atoms with Crippen molar-refractivity contribution in [1.82, 2.24) is 0 Å². The van der Waals surface area contributed by atoms with E-state index in [0.717, 1.165) is 21.2 Å². The van der Waals surface area contributed by atoms with Crippen LogP contribution >= 0.6 is 15.9 Å². The molecule has 1 fully saturated rings. The third-order valence-corrected chi connectivity index (χ3v) is 4.94. The van der Waals surface area contributed by atoms with E-state index in [1.165, 1.54) is 38.5 Å². The van der Waals surface area contributed by atoms with Crippen LogP contribution in [0.5, 0.6) is 5.75 Å². The summed E-state index contributed by atoms with van der Waals surface area (Å²) in [6.45, 7) is 0. The van der Waals surface area contributed by atoms with Gasteiger partial charge in [0.1, 0.15) is 5.75 Å². The SMILES string of the molecule is Oc1c(-c2ccccc2)cc(Br)cc1C1CCCCCC1. The Morgan fingerprint density at radius 1 is 0.905 bits per heavy atom. The molecule has 0 aliphatic heterocycles. The van der Waals surface area contributed by atoms with Crippen molar-refractivity contribution in [1.29, 1.82) is 0 Å². The van der Waals surface area contributed by atoms with E-state index >= 15 is 0 Å². The van der Waals surface area contributed by atoms with E-state index in [1.54, 1.807) is 0 Å². The maximum atomic E-state index is 10.8. The smallest absolute Gasteiger partial charge is 0.126 e. The van der Waals surface area contributed by atoms with E-state index in [9.17, 15) is 5.11 Å². The molecule has 2 heteroatoms. The molecule has 21 heavy (non-hydrogen) atoms. The second kappa shape index (κ2) is 6.65. The van der Waals surface area contributed by atoms with E-state index < -0.39 is 0 Å². The second-order valence-corrected chi connectivity index (χ2v) is 6.86. The largest absolute Gasteiger partial charge is 0.507 e. The molecular formula is C19H21BrO. The molecule has 1 aliphatic rings. The Morgan fingerprint density at radius 2 is 1.57 bits per heavy atom. The monoisotopic (exact) mass is 344 g/mol. The summed E-state index contributed by atoms with van der Waals surface area (Å²) < 4.78 is 1.05. The summed E-state index contributed by atoms with van der Waals surface area (Å²) in [5, 5.41) is 10.8. The minimum absolute atomic E-state index is 0.469. The normalized spacial score (nSPS) is 16.6. The number of aromatic hydroxyl groups is 1. The van der Waals surface area contributed by atoms with E-state index in [0.29, 0.717) is 11.7 Å². The first-order valence-corrected chi connectivity index (χ1v) is 8.63. The summed E-state index contributed by atoms with van der Waals surface area (Å²) in [7, 11) is 0. The molecule has 0 amide bonds. The van der Waals surface area contributed by atoms with Crippen molar-refractivity contribution in [2.45, 2.75) is 44.4 Å². The summed E-state index contributed by atoms with van der Waals surface area (Å²) in [4.78, 5) is 0. The van der Waals surface area contributed by atoms with Gasteiger partial charge < -0.3 is 5.11 Å². The Kier molecular flexibility index (Phi) is 4.64. The highest BCUT2D eigenvalue weighted by Crippen LogP contribution is 2.42. The highest BCUT2D eigenvalue weighted by molar-refractivity contribution is 9.10. The quantitative estimate of drug-likeness (QED) is 0.637. The van der Waals surface area contributed by atoms with Gasteiger partial charge in [-0.05, 0) is 42.0 Å². The molecule has 0 saturated heterocycles. The Hall–Kier alpha value is -1.28. The fourth-order valence-electron chi connectivity index (χ4n) is 3.36. The Bertz CT molecular complexity index is 598. The zero-order valence-electron chi connectivity index (χ0n) is 12.2. The molecule has 0 radical (unpaired) electrons. The molecule has 0 unspecified atom stereocenters. The predicted octanol–water partition coefficient (Wildman–Crippen LogP) is 6.26. The van der Waals surface area contributed by atoms with E-state index in [1.807, 2.05) is 24.3 Å². The summed E-state index contributed by atoms with van der Waals surface area (Å²) in [5.41, 5.74) is 3.13. The molecule has 0 heterocycles. The highest BCUT2D eigenvalue weighted by atomic mass is 79.9. The minimum atomic E-state index is 0.469. The van der Waals surface area contributed by atoms with Gasteiger partial charge >= 0.3 is 0 Å². The Balaban J connectivity index is 2.03. The number of benzene rings is 2. The van der Waals surface area contributed by atoms with Crippen molar-refractivity contribution in [2.24, 2.45) is 0 Å². The minimum Gasteiger partial charge on any atom is -0.507 e. The molecule has 0 spiro atoms. The van der Waals surface area contributed by atoms with Gasteiger partial charge in [-0.1, -0.05) is 71.9 Å². The number of halogens is 1. The molecule has 1 N–H and O–H groups in total. The van der Waals surface area contributed by atoms with E-state index in [2.05, 4.69) is 34.1 Å². The van der Waals surface area contributed by atoms with Crippen molar-refractivity contribution in [3.05, 3.63) is 52.5 Å². The van der Waals surface area contributed by atoms with Crippen LogP contribution in [-0.2, 0) is 0 Å². The van der Waals surface area contributed by atoms with Gasteiger partial charge in [0, 0.05) is 10.0 Å². The van der Waals surface area contributed by atoms with Crippen molar-refractivity contribution in [3.63, 3.8) is 0 Å². The Labute approximate surface area is 135 Å². The van der Waals surface area contributed by atoms with Gasteiger partial charge in [0.05, 0.1) is 0 Å². The molecule has 0 bridgehead atoms. The lowest BCUT2D eigenvalue weighted by Crippen LogP contribution is -1.99. The van der Waals surface area contributed by atoms with Crippen LogP contribution in [0, 0.1) is 0 Å². The maximum Gasteiger partial charge on any atom is 0.126 e. The predicted molar refractivity (Wildman–Crippen MR) is 91.7 cm³/mol. The number of phenolic OH excluding ortho intramolecular Hbond substituents is 1. The van der Waals surface area contributed by atoms with Crippen LogP contribution in [0.25, 0.3) is 11.1 Å². The molecule has 0 aromatic heterocycles. The molecule has 0 atom stereocenters. The van der Waals surface area contributed by atoms with Crippen LogP contribution in [0.15, 0.2) is 46.9 Å². The van der Waals surface area contributed by atoms with Crippen LogP contribution in [0.3, 0.4) is 0 Å². The number of phenols is 1. The van der Waals surface area contributed by atoms with Gasteiger partial charge in [0.2, 0.25) is 0 Å². The van der Waals surface area contributed by atoms with E-state index in [-0.39, 0.29) is 0 Å². The summed E-state index contributed by atoms with van der Waals surface area (Å²) >= 11 is 3.62. The number of hydrogen-bond acceptors (Lipinski definition) is 1. The third kappa shape index (κ3) is 3.32. The first-order chi connectivity index (χ1) is 10.3. The lowest BCUT2D eigenvalue weighted by Gasteiger charge is -2.19. The van der Waals surface area contributed by atoms with Gasteiger partial charge in [0.25, 0.3) is 0 Å². The van der Waals surface area contributed by atoms with Gasteiger partial charge in [0.15, 0.2) is 0 Å². The number of hydrogen-bond donors (Lipinski definition) is 1. The highest BCUT2D eigenvalue weighted by Gasteiger charge is 2.20. The van der Waals surface area contributed by atoms with Crippen LogP contribution < -0.4 is 0 Å². The molecule has 1 saturated carbocycles. The van der Waals surface area contributed by atoms with Gasteiger partial charge in [-0.15, -0.1) is 0 Å². The van der Waals surface area contributed by atoms with Crippen molar-refractivity contribution >= 4 is 15.9 Å². The van der Waals surface area contributed by atoms with Crippen LogP contribution in [0.2, 0.25) is 0 Å². The lowest BCUT2D eigenvalue weighted by molar-refractivity contribution is 0.455. The molecular weight excluding hydrogens is 324 g/mol. The molecule has 110 valence electrons. The lowest BCUT2D eigenvalue weighted by atomic mass is 9.88. The first-order valence-electron chi connectivity index (χ1n) is 7.83. The average Bonchev–Trinajstić information content (AvgIpc) is 2.79. The van der Waals surface area contributed by atoms with Gasteiger partial charge in [-0.3, -0.25) is 0 Å². The fourth-order valence-corrected chi connectivity index (χ4v) is 3.84. The molecule has 1 aliphatic carbocycles. The van der Waals surface area contributed by atoms with Crippen LogP contribution in [-0.4, -0.2) is 5.11 Å². The molecule has 3 rings (SSSR count). The van der Waals surface area contributed by atoms with Gasteiger partial charge in [-0.25, -0.2) is 0 Å². The summed E-state index contributed by atoms with van der Waals surface area (Å²) in [6.07, 6.45) is 7.60. The van der Waals surface area contributed by atoms with Crippen molar-refractivity contribution < 1.29 is 5.11 Å². The molecule has 2 aromatic rings. The van der Waals surface area contributed by atoms with Crippen molar-refractivity contribution in [3.8, 4) is 16.9 Å². The zero-order valence-corrected chi connectivity index (χ0v) is 13.8. The Morgan fingerprint density at radius 3 is 2.24 bits per heavy atom. The van der Waals surface area contributed by atoms with Crippen LogP contribution in [0.1, 0.15) is 50.0 Å². The second-order valence-electron chi connectivity index (χ2n) is 5.95. The third-order valence-electron chi connectivity index (χ3n) is 4.48. The number of rotatable bonds is 2. The van der Waals surface area contributed by atoms with Crippen molar-refractivity contribution in [2.75, 3.05) is 0 Å². The topological polar surface area (TPSA) is 20.2 Å². The first kappa shape index (κ1) is 14.6. The summed E-state index contributed by atoms with van der Waals surface area (Å²) in [6, 6.07) is 14.3. The summed E-state index contributed by atoms with van der Waals surface area (Å²) in [5.74, 6) is 0.962. The van der Waals surface area contributed by atoms with Gasteiger partial charge in [-0.2, -0.15) is 0 Å². The maximum absolute atomic E-state index is 10.8. The van der Waals surface area contributed by atoms with E-state index in [4.69, 9.17) is 0 Å². The average molecular weight is 345 g/mol. The van der Waals surface area contributed by atoms with Crippen LogP contribution in [0.4, 0.5) is 0 Å². The fraction of sp³-hybridized carbons (Fsp3) is 0.368. The molecule has 2 aromatic carbocycles. The molecule has 1 nitrogen and oxygen atoms in total. The zero-order chi connectivity index (χ0) is 14.7.